The Hall–Kier alpha value is 0.679. The van der Waals surface area contributed by atoms with Gasteiger partial charge in [0.2, 0.25) is 0 Å². The minimum absolute atomic E-state index is 0. The van der Waals surface area contributed by atoms with E-state index in [1.807, 2.05) is 0 Å². The van der Waals surface area contributed by atoms with E-state index in [0.717, 1.165) is 0 Å². The Morgan fingerprint density at radius 3 is 1.43 bits per heavy atom. The van der Waals surface area contributed by atoms with Crippen LogP contribution in [0.15, 0.2) is 0 Å². The van der Waals surface area contributed by atoms with Gasteiger partial charge < -0.3 is 15.3 Å². The molecule has 0 bridgehead atoms. The first-order valence-corrected chi connectivity index (χ1v) is 1.71. The molecule has 0 aliphatic heterocycles. The molecule has 0 spiro atoms. The van der Waals surface area contributed by atoms with Crippen molar-refractivity contribution in [2.45, 2.75) is 6.10 Å². The molecule has 0 heterocycles. The molecule has 0 amide bonds. The summed E-state index contributed by atoms with van der Waals surface area (Å²) >= 11 is 0. The van der Waals surface area contributed by atoms with Crippen molar-refractivity contribution in [2.75, 3.05) is 13.2 Å². The molecule has 0 saturated heterocycles. The zero-order chi connectivity index (χ0) is 4.99. The minimum atomic E-state index is -0.954. The average molecular weight is 211 g/mol. The van der Waals surface area contributed by atoms with Crippen molar-refractivity contribution in [2.24, 2.45) is 0 Å². The number of hydrogen-bond donors (Lipinski definition) is 3. The zero-order valence-corrected chi connectivity index (χ0v) is 6.69. The first kappa shape index (κ1) is 10.6. The van der Waals surface area contributed by atoms with E-state index in [9.17, 15) is 0 Å². The molecular weight excluding hydrogens is 203 g/mol. The third-order valence-electron chi connectivity index (χ3n) is 0.421. The van der Waals surface area contributed by atoms with Crippen molar-refractivity contribution >= 4 is 23.9 Å². The Balaban J connectivity index is 0. The van der Waals surface area contributed by atoms with E-state index in [-0.39, 0.29) is 37.1 Å². The van der Waals surface area contributed by atoms with Crippen molar-refractivity contribution in [1.29, 1.82) is 0 Å². The van der Waals surface area contributed by atoms with Gasteiger partial charge in [0.25, 0.3) is 0 Å². The molecule has 3 nitrogen and oxygen atoms in total. The van der Waals surface area contributed by atoms with Crippen LogP contribution in [0.4, 0.5) is 0 Å². The zero-order valence-electron chi connectivity index (χ0n) is 3.83. The molecule has 0 atom stereocenters. The molecule has 0 saturated carbocycles. The van der Waals surface area contributed by atoms with Crippen molar-refractivity contribution in [1.82, 2.24) is 0 Å². The van der Waals surface area contributed by atoms with Crippen LogP contribution >= 0.6 is 0 Å². The second kappa shape index (κ2) is 6.68. The summed E-state index contributed by atoms with van der Waals surface area (Å²) in [5, 5.41) is 24.0. The van der Waals surface area contributed by atoms with Gasteiger partial charge in [0.1, 0.15) is 6.10 Å². The Morgan fingerprint density at radius 2 is 1.43 bits per heavy atom. The maximum absolute atomic E-state index is 8.17. The summed E-state index contributed by atoms with van der Waals surface area (Å²) in [4.78, 5) is 0. The van der Waals surface area contributed by atoms with Crippen LogP contribution in [0.3, 0.4) is 0 Å². The smallest absolute Gasteiger partial charge is 0.100 e. The fourth-order valence-electron chi connectivity index (χ4n) is 0.0577. The fraction of sp³-hybridized carbons (Fsp3) is 1.00. The number of aliphatic hydroxyl groups excluding tert-OH is 3. The average Bonchev–Trinajstić information content (AvgIpc) is 1.65. The molecule has 0 aromatic rings. The van der Waals surface area contributed by atoms with Crippen LogP contribution in [0.25, 0.3) is 0 Å². The van der Waals surface area contributed by atoms with Gasteiger partial charge in [-0.2, -0.15) is 0 Å². The summed E-state index contributed by atoms with van der Waals surface area (Å²) < 4.78 is 0. The van der Waals surface area contributed by atoms with E-state index >= 15 is 0 Å². The van der Waals surface area contributed by atoms with Crippen LogP contribution in [0.2, 0.25) is 0 Å². The molecule has 0 unspecified atom stereocenters. The van der Waals surface area contributed by atoms with Crippen LogP contribution in [0.5, 0.6) is 0 Å². The molecule has 4 heteroatoms. The topological polar surface area (TPSA) is 60.7 Å². The summed E-state index contributed by atoms with van der Waals surface area (Å²) in [6, 6.07) is 0. The fourth-order valence-corrected chi connectivity index (χ4v) is 0.0577. The second-order valence-electron chi connectivity index (χ2n) is 1.02. The van der Waals surface area contributed by atoms with E-state index in [1.165, 1.54) is 0 Å². The molecule has 4 radical (unpaired) electrons. The molecule has 0 aromatic carbocycles. The standard InChI is InChI=1S/C3H8O3.Sn/c4-1-3(6)2-5;/h3-6H,1-2H2;. The van der Waals surface area contributed by atoms with Gasteiger partial charge in [-0.1, -0.05) is 0 Å². The van der Waals surface area contributed by atoms with Gasteiger partial charge in [-0.3, -0.25) is 0 Å². The van der Waals surface area contributed by atoms with Crippen LogP contribution < -0.4 is 0 Å². The number of aliphatic hydroxyl groups is 3. The van der Waals surface area contributed by atoms with E-state index < -0.39 is 6.10 Å². The third-order valence-corrected chi connectivity index (χ3v) is 0.421. The van der Waals surface area contributed by atoms with Gasteiger partial charge in [-0.25, -0.2) is 0 Å². The first-order valence-electron chi connectivity index (χ1n) is 1.71. The van der Waals surface area contributed by atoms with Gasteiger partial charge in [-0.15, -0.1) is 0 Å². The molecule has 7 heavy (non-hydrogen) atoms. The largest absolute Gasteiger partial charge is 0.394 e. The molecule has 0 aliphatic carbocycles. The van der Waals surface area contributed by atoms with Crippen LogP contribution in [-0.4, -0.2) is 58.5 Å². The second-order valence-corrected chi connectivity index (χ2v) is 1.02. The molecule has 0 fully saturated rings. The summed E-state index contributed by atoms with van der Waals surface area (Å²) in [6.45, 7) is -0.729. The monoisotopic (exact) mass is 212 g/mol. The maximum Gasteiger partial charge on any atom is 0.100 e. The van der Waals surface area contributed by atoms with Crippen LogP contribution in [-0.2, 0) is 0 Å². The summed E-state index contributed by atoms with van der Waals surface area (Å²) in [7, 11) is 0. The van der Waals surface area contributed by atoms with Gasteiger partial charge in [0.15, 0.2) is 0 Å². The van der Waals surface area contributed by atoms with E-state index in [0.29, 0.717) is 0 Å². The quantitative estimate of drug-likeness (QED) is 0.460. The summed E-state index contributed by atoms with van der Waals surface area (Å²) in [5.41, 5.74) is 0. The van der Waals surface area contributed by atoms with Gasteiger partial charge in [0, 0.05) is 23.9 Å². The van der Waals surface area contributed by atoms with E-state index in [4.69, 9.17) is 15.3 Å². The molecule has 0 rings (SSSR count). The summed E-state index contributed by atoms with van der Waals surface area (Å²) in [6.07, 6.45) is -0.954. The van der Waals surface area contributed by atoms with Gasteiger partial charge in [0.05, 0.1) is 13.2 Å². The molecular formula is C3H8O3Sn. The Morgan fingerprint density at radius 1 is 1.14 bits per heavy atom. The third kappa shape index (κ3) is 6.68. The van der Waals surface area contributed by atoms with Gasteiger partial charge >= 0.3 is 0 Å². The van der Waals surface area contributed by atoms with Gasteiger partial charge in [-0.05, 0) is 0 Å². The number of rotatable bonds is 2. The van der Waals surface area contributed by atoms with Crippen molar-refractivity contribution < 1.29 is 15.3 Å². The van der Waals surface area contributed by atoms with Crippen LogP contribution in [0.1, 0.15) is 0 Å². The molecule has 42 valence electrons. The summed E-state index contributed by atoms with van der Waals surface area (Å²) in [5.74, 6) is 0. The Kier molecular flexibility index (Phi) is 10.1. The van der Waals surface area contributed by atoms with Crippen molar-refractivity contribution in [3.63, 3.8) is 0 Å². The molecule has 3 N–H and O–H groups in total. The van der Waals surface area contributed by atoms with E-state index in [1.54, 1.807) is 0 Å². The maximum atomic E-state index is 8.17. The first-order chi connectivity index (χ1) is 2.81. The number of hydrogen-bond acceptors (Lipinski definition) is 3. The minimum Gasteiger partial charge on any atom is -0.394 e. The predicted molar refractivity (Wildman–Crippen MR) is 25.9 cm³/mol. The normalized spacial score (nSPS) is 8.57. The van der Waals surface area contributed by atoms with Crippen molar-refractivity contribution in [3.05, 3.63) is 0 Å². The molecule has 0 aliphatic rings. The van der Waals surface area contributed by atoms with E-state index in [2.05, 4.69) is 0 Å². The SMILES string of the molecule is OCC(O)CO.[Sn]. The predicted octanol–water partition coefficient (Wildman–Crippen LogP) is -2.05. The van der Waals surface area contributed by atoms with Crippen LogP contribution in [0, 0.1) is 0 Å². The Bertz CT molecular complexity index is 29.4. The Labute approximate surface area is 58.9 Å². The molecule has 0 aromatic heterocycles. The van der Waals surface area contributed by atoms with Crippen molar-refractivity contribution in [3.8, 4) is 0 Å².